The van der Waals surface area contributed by atoms with Gasteiger partial charge in [-0.3, -0.25) is 0 Å². The lowest BCUT2D eigenvalue weighted by Gasteiger charge is -2.14. The summed E-state index contributed by atoms with van der Waals surface area (Å²) in [7, 11) is 1.31. The molecule has 2 heterocycles. The molecule has 164 valence electrons. The highest BCUT2D eigenvalue weighted by Gasteiger charge is 2.21. The van der Waals surface area contributed by atoms with Crippen LogP contribution in [-0.4, -0.2) is 13.1 Å². The number of hydrogen-bond donors (Lipinski definition) is 0. The van der Waals surface area contributed by atoms with Crippen LogP contribution in [0.25, 0.3) is 11.0 Å². The molecule has 0 bridgehead atoms. The summed E-state index contributed by atoms with van der Waals surface area (Å²) in [6, 6.07) is 7.22. The predicted molar refractivity (Wildman–Crippen MR) is 117 cm³/mol. The van der Waals surface area contributed by atoms with Crippen LogP contribution in [0.5, 0.6) is 5.75 Å². The number of ether oxygens (including phenoxy) is 2. The highest BCUT2D eigenvalue weighted by molar-refractivity contribution is 5.86. The van der Waals surface area contributed by atoms with Crippen LogP contribution in [0.2, 0.25) is 0 Å². The number of unbranched alkanes of at least 4 members (excludes halogenated alkanes) is 3. The van der Waals surface area contributed by atoms with Crippen LogP contribution in [0.3, 0.4) is 0 Å². The summed E-state index contributed by atoms with van der Waals surface area (Å²) in [6.45, 7) is 2.36. The summed E-state index contributed by atoms with van der Waals surface area (Å²) in [5.74, 6) is 0.819. The van der Waals surface area contributed by atoms with Gasteiger partial charge in [0.25, 0.3) is 0 Å². The van der Waals surface area contributed by atoms with E-state index >= 15 is 0 Å². The van der Waals surface area contributed by atoms with Gasteiger partial charge in [-0.1, -0.05) is 26.2 Å². The van der Waals surface area contributed by atoms with Gasteiger partial charge in [-0.25, -0.2) is 9.59 Å². The van der Waals surface area contributed by atoms with Crippen LogP contribution in [0.1, 0.15) is 72.0 Å². The van der Waals surface area contributed by atoms with Crippen molar-refractivity contribution in [3.8, 4) is 5.75 Å². The van der Waals surface area contributed by atoms with E-state index in [1.54, 1.807) is 12.1 Å². The van der Waals surface area contributed by atoms with E-state index < -0.39 is 5.97 Å². The topological polar surface area (TPSA) is 78.9 Å². The maximum atomic E-state index is 12.4. The molecule has 0 spiro atoms. The molecule has 1 aromatic carbocycles. The van der Waals surface area contributed by atoms with E-state index in [0.717, 1.165) is 60.6 Å². The van der Waals surface area contributed by atoms with Crippen LogP contribution >= 0.6 is 0 Å². The first-order valence-electron chi connectivity index (χ1n) is 11.0. The van der Waals surface area contributed by atoms with Crippen molar-refractivity contribution >= 4 is 16.9 Å². The van der Waals surface area contributed by atoms with Crippen LogP contribution in [0.15, 0.2) is 37.9 Å². The maximum absolute atomic E-state index is 12.4. The molecule has 2 aromatic heterocycles. The van der Waals surface area contributed by atoms with Gasteiger partial charge >= 0.3 is 11.6 Å². The van der Waals surface area contributed by atoms with E-state index in [1.807, 2.05) is 6.07 Å². The molecule has 0 aliphatic heterocycles. The number of esters is 1. The van der Waals surface area contributed by atoms with E-state index in [0.29, 0.717) is 17.1 Å². The molecule has 1 aliphatic rings. The number of carbonyl (C=O) groups excluding carboxylic acids is 1. The number of rotatable bonds is 9. The number of aryl methyl sites for hydroxylation is 2. The molecule has 6 nitrogen and oxygen atoms in total. The van der Waals surface area contributed by atoms with E-state index in [1.165, 1.54) is 20.0 Å². The summed E-state index contributed by atoms with van der Waals surface area (Å²) >= 11 is 0. The van der Waals surface area contributed by atoms with Gasteiger partial charge in [0.05, 0.1) is 7.11 Å². The summed E-state index contributed by atoms with van der Waals surface area (Å²) in [4.78, 5) is 24.0. The third-order valence-electron chi connectivity index (χ3n) is 5.87. The van der Waals surface area contributed by atoms with Gasteiger partial charge in [0.2, 0.25) is 5.76 Å². The Balaban J connectivity index is 1.63. The second kappa shape index (κ2) is 9.41. The minimum absolute atomic E-state index is 0.140. The zero-order valence-corrected chi connectivity index (χ0v) is 18.1. The van der Waals surface area contributed by atoms with Gasteiger partial charge in [0.15, 0.2) is 0 Å². The van der Waals surface area contributed by atoms with Crippen molar-refractivity contribution < 1.29 is 23.1 Å². The quantitative estimate of drug-likeness (QED) is 0.261. The first-order valence-corrected chi connectivity index (χ1v) is 11.0. The fourth-order valence-electron chi connectivity index (χ4n) is 4.24. The predicted octanol–water partition coefficient (Wildman–Crippen LogP) is 5.36. The van der Waals surface area contributed by atoms with Crippen LogP contribution in [0, 0.1) is 0 Å². The number of furan rings is 1. The number of carbonyl (C=O) groups is 1. The molecule has 0 fully saturated rings. The highest BCUT2D eigenvalue weighted by Crippen LogP contribution is 2.33. The number of fused-ring (bicyclic) bond motifs is 3. The molecule has 31 heavy (non-hydrogen) atoms. The summed E-state index contributed by atoms with van der Waals surface area (Å²) < 4.78 is 21.9. The second-order valence-electron chi connectivity index (χ2n) is 8.01. The van der Waals surface area contributed by atoms with Gasteiger partial charge < -0.3 is 18.3 Å². The third-order valence-corrected chi connectivity index (χ3v) is 5.87. The van der Waals surface area contributed by atoms with Crippen LogP contribution in [-0.2, 0) is 30.6 Å². The normalized spacial score (nSPS) is 12.8. The molecule has 0 saturated carbocycles. The van der Waals surface area contributed by atoms with Gasteiger partial charge in [-0.05, 0) is 61.4 Å². The Kier molecular flexibility index (Phi) is 6.44. The largest absolute Gasteiger partial charge is 0.485 e. The van der Waals surface area contributed by atoms with E-state index in [2.05, 4.69) is 17.7 Å². The minimum atomic E-state index is -0.524. The monoisotopic (exact) mass is 424 g/mol. The summed E-state index contributed by atoms with van der Waals surface area (Å²) in [6.07, 6.45) is 8.21. The number of hydrogen-bond acceptors (Lipinski definition) is 6. The lowest BCUT2D eigenvalue weighted by Crippen LogP contribution is -2.07. The minimum Gasteiger partial charge on any atom is -0.485 e. The fraction of sp³-hybridized carbons (Fsp3) is 0.440. The standard InChI is InChI=1S/C25H28O6/c1-3-4-5-6-8-16-13-20-18-9-7-10-19(18)24(26)31-23(20)14-22(16)29-15-17-11-12-21(30-17)25(27)28-2/h11-14H,3-10,15H2,1-2H3. The summed E-state index contributed by atoms with van der Waals surface area (Å²) in [5.41, 5.74) is 3.37. The SMILES string of the molecule is CCCCCCc1cc2c3c(c(=O)oc2cc1OCc1ccc(C(=O)OC)o1)CCC3. The maximum Gasteiger partial charge on any atom is 0.373 e. The van der Waals surface area contributed by atoms with E-state index in [-0.39, 0.29) is 18.0 Å². The van der Waals surface area contributed by atoms with E-state index in [9.17, 15) is 9.59 Å². The Morgan fingerprint density at radius 1 is 1.06 bits per heavy atom. The smallest absolute Gasteiger partial charge is 0.373 e. The Bertz CT molecular complexity index is 1140. The molecule has 6 heteroatoms. The third kappa shape index (κ3) is 4.53. The fourth-order valence-corrected chi connectivity index (χ4v) is 4.24. The van der Waals surface area contributed by atoms with Gasteiger partial charge in [-0.15, -0.1) is 0 Å². The molecule has 0 amide bonds. The molecule has 0 N–H and O–H groups in total. The molecule has 4 rings (SSSR count). The van der Waals surface area contributed by atoms with Gasteiger partial charge in [0.1, 0.15) is 23.7 Å². The number of benzene rings is 1. The lowest BCUT2D eigenvalue weighted by atomic mass is 10.00. The molecule has 0 radical (unpaired) electrons. The highest BCUT2D eigenvalue weighted by atomic mass is 16.5. The zero-order chi connectivity index (χ0) is 21.8. The van der Waals surface area contributed by atoms with Crippen molar-refractivity contribution in [1.82, 2.24) is 0 Å². The zero-order valence-electron chi connectivity index (χ0n) is 18.1. The Morgan fingerprint density at radius 3 is 2.71 bits per heavy atom. The van der Waals surface area contributed by atoms with Gasteiger partial charge in [-0.2, -0.15) is 0 Å². The van der Waals surface area contributed by atoms with Crippen molar-refractivity contribution in [2.75, 3.05) is 7.11 Å². The molecular weight excluding hydrogens is 396 g/mol. The van der Waals surface area contributed by atoms with Crippen LogP contribution < -0.4 is 10.4 Å². The second-order valence-corrected chi connectivity index (χ2v) is 8.01. The molecule has 3 aromatic rings. The average molecular weight is 424 g/mol. The van der Waals surface area contributed by atoms with Crippen molar-refractivity contribution in [2.24, 2.45) is 0 Å². The van der Waals surface area contributed by atoms with Crippen molar-refractivity contribution in [3.05, 3.63) is 62.9 Å². The first-order chi connectivity index (χ1) is 15.1. The number of methoxy groups -OCH3 is 1. The van der Waals surface area contributed by atoms with Gasteiger partial charge in [0, 0.05) is 17.0 Å². The molecule has 1 aliphatic carbocycles. The van der Waals surface area contributed by atoms with Crippen LogP contribution in [0.4, 0.5) is 0 Å². The Hall–Kier alpha value is -3.02. The Labute approximate surface area is 181 Å². The lowest BCUT2D eigenvalue weighted by molar-refractivity contribution is 0.0561. The van der Waals surface area contributed by atoms with Crippen molar-refractivity contribution in [2.45, 2.75) is 64.9 Å². The molecule has 0 atom stereocenters. The molecule has 0 unspecified atom stereocenters. The Morgan fingerprint density at radius 2 is 1.90 bits per heavy atom. The van der Waals surface area contributed by atoms with Crippen molar-refractivity contribution in [3.63, 3.8) is 0 Å². The van der Waals surface area contributed by atoms with Crippen molar-refractivity contribution in [1.29, 1.82) is 0 Å². The van der Waals surface area contributed by atoms with E-state index in [4.69, 9.17) is 13.6 Å². The molecule has 0 saturated heterocycles. The first kappa shape index (κ1) is 21.2. The average Bonchev–Trinajstić information content (AvgIpc) is 3.45. The summed E-state index contributed by atoms with van der Waals surface area (Å²) in [5, 5.41) is 1.02. The molecular formula is C25H28O6.